The standard InChI is InChI=1S/C12H10O2S3/c13-17(14)8-10(16-12-6-3-7-15-12)9-4-1-2-5-11(9)17/h1-7,10H,8H2/t10-/m0/s1. The lowest BCUT2D eigenvalue weighted by molar-refractivity contribution is 0.600. The van der Waals surface area contributed by atoms with Gasteiger partial charge in [0.2, 0.25) is 0 Å². The number of hydrogen-bond donors (Lipinski definition) is 0. The lowest BCUT2D eigenvalue weighted by atomic mass is 10.2. The molecule has 0 N–H and O–H groups in total. The van der Waals surface area contributed by atoms with Crippen LogP contribution >= 0.6 is 23.1 Å². The summed E-state index contributed by atoms with van der Waals surface area (Å²) in [5.74, 6) is 0.217. The number of thiophene rings is 1. The molecule has 5 heteroatoms. The Morgan fingerprint density at radius 1 is 1.18 bits per heavy atom. The summed E-state index contributed by atoms with van der Waals surface area (Å²) in [6, 6.07) is 11.3. The van der Waals surface area contributed by atoms with Crippen LogP contribution in [0.2, 0.25) is 0 Å². The van der Waals surface area contributed by atoms with Crippen molar-refractivity contribution in [2.45, 2.75) is 14.4 Å². The van der Waals surface area contributed by atoms with Gasteiger partial charge in [-0.15, -0.1) is 23.1 Å². The summed E-state index contributed by atoms with van der Waals surface area (Å²) >= 11 is 3.29. The fraction of sp³-hybridized carbons (Fsp3) is 0.167. The van der Waals surface area contributed by atoms with E-state index in [9.17, 15) is 8.42 Å². The fourth-order valence-electron chi connectivity index (χ4n) is 1.98. The molecule has 1 atom stereocenters. The van der Waals surface area contributed by atoms with Gasteiger partial charge in [0, 0.05) is 0 Å². The van der Waals surface area contributed by atoms with E-state index < -0.39 is 9.84 Å². The fourth-order valence-corrected chi connectivity index (χ4v) is 6.43. The highest BCUT2D eigenvalue weighted by Crippen LogP contribution is 2.45. The van der Waals surface area contributed by atoms with E-state index in [0.717, 1.165) is 5.56 Å². The normalized spacial score (nSPS) is 21.3. The maximum Gasteiger partial charge on any atom is 0.180 e. The molecule has 1 aromatic heterocycles. The zero-order chi connectivity index (χ0) is 11.9. The summed E-state index contributed by atoms with van der Waals surface area (Å²) in [7, 11) is -3.07. The van der Waals surface area contributed by atoms with Crippen LogP contribution in [0.15, 0.2) is 50.9 Å². The second kappa shape index (κ2) is 4.15. The summed E-state index contributed by atoms with van der Waals surface area (Å²) < 4.78 is 25.1. The van der Waals surface area contributed by atoms with Gasteiger partial charge in [0.05, 0.1) is 20.1 Å². The van der Waals surface area contributed by atoms with E-state index in [0.29, 0.717) is 4.90 Å². The van der Waals surface area contributed by atoms with Crippen molar-refractivity contribution in [3.05, 3.63) is 47.3 Å². The minimum absolute atomic E-state index is 0.0369. The zero-order valence-corrected chi connectivity index (χ0v) is 11.3. The van der Waals surface area contributed by atoms with Crippen molar-refractivity contribution in [1.82, 2.24) is 0 Å². The molecule has 0 aliphatic carbocycles. The predicted octanol–water partition coefficient (Wildman–Crippen LogP) is 3.37. The molecule has 2 aromatic rings. The highest BCUT2D eigenvalue weighted by Gasteiger charge is 2.34. The van der Waals surface area contributed by atoms with Gasteiger partial charge in [0.25, 0.3) is 0 Å². The number of fused-ring (bicyclic) bond motifs is 1. The monoisotopic (exact) mass is 282 g/mol. The molecule has 1 aliphatic heterocycles. The van der Waals surface area contributed by atoms with Crippen LogP contribution in [0.5, 0.6) is 0 Å². The van der Waals surface area contributed by atoms with Crippen LogP contribution < -0.4 is 0 Å². The van der Waals surface area contributed by atoms with E-state index in [-0.39, 0.29) is 11.0 Å². The Balaban J connectivity index is 2.00. The lowest BCUT2D eigenvalue weighted by Gasteiger charge is -2.07. The molecular weight excluding hydrogens is 272 g/mol. The molecule has 1 aromatic carbocycles. The van der Waals surface area contributed by atoms with Crippen molar-refractivity contribution in [2.75, 3.05) is 5.75 Å². The van der Waals surface area contributed by atoms with E-state index in [4.69, 9.17) is 0 Å². The third-order valence-corrected chi connectivity index (χ3v) is 7.06. The first kappa shape index (κ1) is 11.3. The van der Waals surface area contributed by atoms with Crippen LogP contribution in [-0.2, 0) is 9.84 Å². The molecule has 3 rings (SSSR count). The van der Waals surface area contributed by atoms with Gasteiger partial charge in [0.1, 0.15) is 0 Å². The van der Waals surface area contributed by atoms with Crippen LogP contribution in [0, 0.1) is 0 Å². The molecular formula is C12H10O2S3. The number of rotatable bonds is 2. The Kier molecular flexibility index (Phi) is 2.77. The maximum atomic E-state index is 12.0. The molecule has 0 saturated carbocycles. The van der Waals surface area contributed by atoms with Crippen molar-refractivity contribution in [3.63, 3.8) is 0 Å². The SMILES string of the molecule is O=S1(=O)C[C@H](Sc2cccs2)c2ccccc21. The summed E-state index contributed by atoms with van der Waals surface area (Å²) in [5, 5.41) is 2.05. The van der Waals surface area contributed by atoms with Gasteiger partial charge in [0.15, 0.2) is 9.84 Å². The summed E-state index contributed by atoms with van der Waals surface area (Å²) in [5.41, 5.74) is 0.950. The van der Waals surface area contributed by atoms with Crippen molar-refractivity contribution in [1.29, 1.82) is 0 Å². The van der Waals surface area contributed by atoms with Crippen molar-refractivity contribution >= 4 is 32.9 Å². The van der Waals surface area contributed by atoms with Crippen molar-refractivity contribution < 1.29 is 8.42 Å². The Hall–Kier alpha value is -0.780. The second-order valence-electron chi connectivity index (χ2n) is 3.86. The zero-order valence-electron chi connectivity index (χ0n) is 8.87. The average Bonchev–Trinajstić information content (AvgIpc) is 2.88. The highest BCUT2D eigenvalue weighted by atomic mass is 32.2. The molecule has 88 valence electrons. The first-order valence-corrected chi connectivity index (χ1v) is 8.60. The molecule has 2 nitrogen and oxygen atoms in total. The summed E-state index contributed by atoms with van der Waals surface area (Å²) in [6.45, 7) is 0. The minimum Gasteiger partial charge on any atom is -0.224 e. The Morgan fingerprint density at radius 3 is 2.76 bits per heavy atom. The van der Waals surface area contributed by atoms with Gasteiger partial charge in [-0.25, -0.2) is 8.42 Å². The second-order valence-corrected chi connectivity index (χ2v) is 8.31. The molecule has 0 amide bonds. The topological polar surface area (TPSA) is 34.1 Å². The number of hydrogen-bond acceptors (Lipinski definition) is 4. The Morgan fingerprint density at radius 2 is 2.00 bits per heavy atom. The van der Waals surface area contributed by atoms with E-state index in [1.165, 1.54) is 4.21 Å². The van der Waals surface area contributed by atoms with E-state index in [1.54, 1.807) is 35.2 Å². The molecule has 0 radical (unpaired) electrons. The summed E-state index contributed by atoms with van der Waals surface area (Å²) in [6.07, 6.45) is 0. The Bertz CT molecular complexity index is 630. The van der Waals surface area contributed by atoms with Gasteiger partial charge in [-0.3, -0.25) is 0 Å². The molecule has 2 heterocycles. The third kappa shape index (κ3) is 2.03. The summed E-state index contributed by atoms with van der Waals surface area (Å²) in [4.78, 5) is 0.508. The lowest BCUT2D eigenvalue weighted by Crippen LogP contribution is -2.00. The van der Waals surface area contributed by atoms with Crippen LogP contribution in [0.25, 0.3) is 0 Å². The van der Waals surface area contributed by atoms with E-state index >= 15 is 0 Å². The first-order valence-electron chi connectivity index (χ1n) is 5.19. The van der Waals surface area contributed by atoms with E-state index in [1.807, 2.05) is 29.6 Å². The quantitative estimate of drug-likeness (QED) is 0.847. The predicted molar refractivity (Wildman–Crippen MR) is 71.4 cm³/mol. The molecule has 0 fully saturated rings. The Labute approximate surface area is 109 Å². The average molecular weight is 282 g/mol. The minimum atomic E-state index is -3.07. The molecule has 0 saturated heterocycles. The number of sulfone groups is 1. The maximum absolute atomic E-state index is 12.0. The van der Waals surface area contributed by atoms with Gasteiger partial charge >= 0.3 is 0 Å². The largest absolute Gasteiger partial charge is 0.224 e. The highest BCUT2D eigenvalue weighted by molar-refractivity contribution is 8.03. The van der Waals surface area contributed by atoms with Gasteiger partial charge in [-0.2, -0.15) is 0 Å². The van der Waals surface area contributed by atoms with Crippen LogP contribution in [0.4, 0.5) is 0 Å². The van der Waals surface area contributed by atoms with Crippen LogP contribution in [0.3, 0.4) is 0 Å². The molecule has 0 unspecified atom stereocenters. The van der Waals surface area contributed by atoms with Crippen LogP contribution in [0.1, 0.15) is 10.8 Å². The molecule has 0 bridgehead atoms. The van der Waals surface area contributed by atoms with Crippen molar-refractivity contribution in [3.8, 4) is 0 Å². The van der Waals surface area contributed by atoms with Gasteiger partial charge in [-0.05, 0) is 23.1 Å². The van der Waals surface area contributed by atoms with Crippen molar-refractivity contribution in [2.24, 2.45) is 0 Å². The number of benzene rings is 1. The smallest absolute Gasteiger partial charge is 0.180 e. The third-order valence-electron chi connectivity index (χ3n) is 2.73. The molecule has 0 spiro atoms. The van der Waals surface area contributed by atoms with Gasteiger partial charge in [-0.1, -0.05) is 24.3 Å². The molecule has 17 heavy (non-hydrogen) atoms. The molecule has 1 aliphatic rings. The number of thioether (sulfide) groups is 1. The first-order chi connectivity index (χ1) is 8.17. The van der Waals surface area contributed by atoms with Crippen LogP contribution in [-0.4, -0.2) is 14.2 Å². The van der Waals surface area contributed by atoms with Gasteiger partial charge < -0.3 is 0 Å². The van der Waals surface area contributed by atoms with E-state index in [2.05, 4.69) is 0 Å².